The SMILES string of the molecule is CN(CC1CC1)C(=O)n1cc[n+](C)c1.[I-]. The molecule has 0 radical (unpaired) electrons. The molecule has 0 aliphatic heterocycles. The summed E-state index contributed by atoms with van der Waals surface area (Å²) in [6.45, 7) is 0.890. The van der Waals surface area contributed by atoms with Gasteiger partial charge in [0.15, 0.2) is 0 Å². The molecule has 1 fully saturated rings. The Hall–Kier alpha value is -0.590. The molecule has 0 bridgehead atoms. The second kappa shape index (κ2) is 4.96. The highest BCUT2D eigenvalue weighted by atomic mass is 127. The maximum absolute atomic E-state index is 11.8. The predicted molar refractivity (Wildman–Crippen MR) is 51.8 cm³/mol. The summed E-state index contributed by atoms with van der Waals surface area (Å²) in [5.41, 5.74) is 0. The molecule has 1 saturated carbocycles. The first-order chi connectivity index (χ1) is 6.66. The molecule has 1 aromatic rings. The second-order valence-electron chi connectivity index (χ2n) is 4.09. The van der Waals surface area contributed by atoms with Gasteiger partial charge in [0.25, 0.3) is 6.33 Å². The van der Waals surface area contributed by atoms with Gasteiger partial charge in [-0.25, -0.2) is 9.36 Å². The largest absolute Gasteiger partial charge is 1.00 e. The van der Waals surface area contributed by atoms with Crippen LogP contribution < -0.4 is 28.5 Å². The van der Waals surface area contributed by atoms with Crippen LogP contribution in [0.2, 0.25) is 0 Å². The van der Waals surface area contributed by atoms with E-state index in [2.05, 4.69) is 0 Å². The van der Waals surface area contributed by atoms with Crippen LogP contribution in [0.5, 0.6) is 0 Å². The van der Waals surface area contributed by atoms with Gasteiger partial charge in [0.1, 0.15) is 12.4 Å². The van der Waals surface area contributed by atoms with Crippen molar-refractivity contribution < 1.29 is 33.3 Å². The molecule has 1 amide bonds. The fourth-order valence-corrected chi connectivity index (χ4v) is 1.53. The fraction of sp³-hybridized carbons (Fsp3) is 0.600. The van der Waals surface area contributed by atoms with Gasteiger partial charge in [0.05, 0.1) is 7.05 Å². The van der Waals surface area contributed by atoms with Crippen LogP contribution in [0.15, 0.2) is 18.7 Å². The minimum atomic E-state index is 0. The number of carbonyl (C=O) groups is 1. The standard InChI is InChI=1S/C10H16N3O.HI/c1-11-5-6-13(8-11)10(14)12(2)7-9-3-4-9;/h5-6,8-9H,3-4,7H2,1-2H3;1H/q+1;/p-1. The van der Waals surface area contributed by atoms with E-state index in [0.717, 1.165) is 12.5 Å². The summed E-state index contributed by atoms with van der Waals surface area (Å²) in [4.78, 5) is 13.6. The van der Waals surface area contributed by atoms with Crippen molar-refractivity contribution in [2.75, 3.05) is 13.6 Å². The van der Waals surface area contributed by atoms with Crippen LogP contribution in [0.3, 0.4) is 0 Å². The lowest BCUT2D eigenvalue weighted by molar-refractivity contribution is -0.670. The van der Waals surface area contributed by atoms with Gasteiger partial charge in [0.2, 0.25) is 0 Å². The smallest absolute Gasteiger partial charge is 0.415 e. The normalized spacial score (nSPS) is 14.5. The van der Waals surface area contributed by atoms with Crippen LogP contribution >= 0.6 is 0 Å². The minimum Gasteiger partial charge on any atom is -1.00 e. The maximum atomic E-state index is 11.8. The Morgan fingerprint density at radius 3 is 2.73 bits per heavy atom. The first-order valence-electron chi connectivity index (χ1n) is 4.95. The number of hydrogen-bond donors (Lipinski definition) is 0. The van der Waals surface area contributed by atoms with E-state index in [-0.39, 0.29) is 30.0 Å². The molecule has 15 heavy (non-hydrogen) atoms. The summed E-state index contributed by atoms with van der Waals surface area (Å²) in [7, 11) is 3.77. The molecular formula is C10H16IN3O. The highest BCUT2D eigenvalue weighted by molar-refractivity contribution is 5.76. The van der Waals surface area contributed by atoms with Crippen LogP contribution in [0.25, 0.3) is 0 Å². The number of imidazole rings is 1. The molecule has 0 saturated heterocycles. The number of carbonyl (C=O) groups excluding carboxylic acids is 1. The average molecular weight is 321 g/mol. The monoisotopic (exact) mass is 321 g/mol. The number of aryl methyl sites for hydroxylation is 1. The van der Waals surface area contributed by atoms with E-state index in [1.165, 1.54) is 12.8 Å². The Morgan fingerprint density at radius 2 is 2.27 bits per heavy atom. The molecule has 0 unspecified atom stereocenters. The van der Waals surface area contributed by atoms with Gasteiger partial charge < -0.3 is 28.9 Å². The molecule has 2 rings (SSSR count). The molecule has 1 heterocycles. The molecule has 4 nitrogen and oxygen atoms in total. The van der Waals surface area contributed by atoms with Crippen molar-refractivity contribution in [3.8, 4) is 0 Å². The third kappa shape index (κ3) is 3.19. The Balaban J connectivity index is 0.00000112. The zero-order chi connectivity index (χ0) is 10.1. The van der Waals surface area contributed by atoms with Gasteiger partial charge in [-0.3, -0.25) is 0 Å². The maximum Gasteiger partial charge on any atom is 0.415 e. The van der Waals surface area contributed by atoms with Crippen LogP contribution in [-0.2, 0) is 7.05 Å². The average Bonchev–Trinajstić information content (AvgIpc) is 2.85. The highest BCUT2D eigenvalue weighted by Crippen LogP contribution is 2.29. The van der Waals surface area contributed by atoms with Gasteiger partial charge in [-0.1, -0.05) is 0 Å². The molecule has 1 aromatic heterocycles. The number of halogens is 1. The Bertz CT molecular complexity index is 346. The van der Waals surface area contributed by atoms with Crippen LogP contribution in [-0.4, -0.2) is 29.1 Å². The van der Waals surface area contributed by atoms with Gasteiger partial charge in [-0.2, -0.15) is 4.57 Å². The van der Waals surface area contributed by atoms with E-state index >= 15 is 0 Å². The lowest BCUT2D eigenvalue weighted by Crippen LogP contribution is -3.00. The summed E-state index contributed by atoms with van der Waals surface area (Å²) >= 11 is 0. The van der Waals surface area contributed by atoms with E-state index in [9.17, 15) is 4.79 Å². The molecule has 0 aromatic carbocycles. The molecule has 0 spiro atoms. The molecule has 84 valence electrons. The molecule has 5 heteroatoms. The van der Waals surface area contributed by atoms with Crippen molar-refractivity contribution in [2.45, 2.75) is 12.8 Å². The topological polar surface area (TPSA) is 29.1 Å². The number of rotatable bonds is 2. The van der Waals surface area contributed by atoms with Crippen molar-refractivity contribution in [1.82, 2.24) is 9.47 Å². The number of amides is 1. The van der Waals surface area contributed by atoms with Crippen molar-refractivity contribution in [2.24, 2.45) is 13.0 Å². The van der Waals surface area contributed by atoms with E-state index in [4.69, 9.17) is 0 Å². The predicted octanol–water partition coefficient (Wildman–Crippen LogP) is -2.37. The van der Waals surface area contributed by atoms with Crippen molar-refractivity contribution in [3.05, 3.63) is 18.7 Å². The van der Waals surface area contributed by atoms with E-state index < -0.39 is 0 Å². The second-order valence-corrected chi connectivity index (χ2v) is 4.09. The van der Waals surface area contributed by atoms with Crippen LogP contribution in [0.1, 0.15) is 12.8 Å². The Morgan fingerprint density at radius 1 is 1.60 bits per heavy atom. The lowest BCUT2D eigenvalue weighted by Gasteiger charge is -2.12. The third-order valence-electron chi connectivity index (χ3n) is 2.55. The molecule has 0 atom stereocenters. The first kappa shape index (κ1) is 12.5. The summed E-state index contributed by atoms with van der Waals surface area (Å²) in [5, 5.41) is 0. The zero-order valence-corrected chi connectivity index (χ0v) is 11.2. The summed E-state index contributed by atoms with van der Waals surface area (Å²) in [5.74, 6) is 0.744. The van der Waals surface area contributed by atoms with Crippen molar-refractivity contribution in [1.29, 1.82) is 0 Å². The first-order valence-corrected chi connectivity index (χ1v) is 4.95. The molecular weight excluding hydrogens is 305 g/mol. The van der Waals surface area contributed by atoms with Crippen molar-refractivity contribution >= 4 is 6.03 Å². The van der Waals surface area contributed by atoms with Gasteiger partial charge in [-0.15, -0.1) is 0 Å². The minimum absolute atomic E-state index is 0. The van der Waals surface area contributed by atoms with Gasteiger partial charge in [-0.05, 0) is 18.8 Å². The summed E-state index contributed by atoms with van der Waals surface area (Å²) in [6.07, 6.45) is 7.98. The Labute approximate surface area is 107 Å². The number of nitrogens with zero attached hydrogens (tertiary/aromatic N) is 3. The number of hydrogen-bond acceptors (Lipinski definition) is 1. The fourth-order valence-electron chi connectivity index (χ4n) is 1.53. The van der Waals surface area contributed by atoms with E-state index in [0.29, 0.717) is 0 Å². The van der Waals surface area contributed by atoms with Crippen LogP contribution in [0.4, 0.5) is 4.79 Å². The van der Waals surface area contributed by atoms with Gasteiger partial charge >= 0.3 is 6.03 Å². The molecule has 1 aliphatic rings. The molecule has 0 N–H and O–H groups in total. The molecule has 1 aliphatic carbocycles. The van der Waals surface area contributed by atoms with Gasteiger partial charge in [0, 0.05) is 13.6 Å². The Kier molecular flexibility index (Phi) is 4.12. The third-order valence-corrected chi connectivity index (χ3v) is 2.55. The van der Waals surface area contributed by atoms with E-state index in [1.54, 1.807) is 22.0 Å². The number of aromatic nitrogens is 2. The highest BCUT2D eigenvalue weighted by Gasteiger charge is 2.26. The quantitative estimate of drug-likeness (QED) is 0.442. The summed E-state index contributed by atoms with van der Waals surface area (Å²) in [6, 6.07) is 0.0532. The van der Waals surface area contributed by atoms with Crippen molar-refractivity contribution in [3.63, 3.8) is 0 Å². The summed E-state index contributed by atoms with van der Waals surface area (Å²) < 4.78 is 3.48. The van der Waals surface area contributed by atoms with Crippen LogP contribution in [0, 0.1) is 5.92 Å². The lowest BCUT2D eigenvalue weighted by atomic mass is 10.4. The zero-order valence-electron chi connectivity index (χ0n) is 9.06. The van der Waals surface area contributed by atoms with E-state index in [1.807, 2.05) is 24.9 Å².